The Morgan fingerprint density at radius 3 is 2.76 bits per heavy atom. The van der Waals surface area contributed by atoms with Gasteiger partial charge in [0.1, 0.15) is 12.4 Å². The lowest BCUT2D eigenvalue weighted by Gasteiger charge is -2.25. The Kier molecular flexibility index (Phi) is 5.18. The third-order valence-electron chi connectivity index (χ3n) is 3.72. The Labute approximate surface area is 125 Å². The number of hydrogen-bond acceptors (Lipinski definition) is 4. The second-order valence-corrected chi connectivity index (χ2v) is 5.41. The van der Waals surface area contributed by atoms with Crippen LogP contribution in [0.25, 0.3) is 0 Å². The van der Waals surface area contributed by atoms with E-state index in [0.29, 0.717) is 12.2 Å². The summed E-state index contributed by atoms with van der Waals surface area (Å²) in [6.07, 6.45) is 1.98. The van der Waals surface area contributed by atoms with Crippen molar-refractivity contribution < 1.29 is 9.53 Å². The number of carbonyl (C=O) groups is 1. The minimum Gasteiger partial charge on any atom is -0.492 e. The number of likely N-dealkylation sites (tertiary alicyclic amines) is 1. The first kappa shape index (κ1) is 15.3. The van der Waals surface area contributed by atoms with Gasteiger partial charge in [0, 0.05) is 20.6 Å². The zero-order valence-corrected chi connectivity index (χ0v) is 12.6. The SMILES string of the molecule is CN(C)C(=O)[C@H]1CCCN1CCOc1ccc(C#N)cc1. The van der Waals surface area contributed by atoms with Gasteiger partial charge in [-0.2, -0.15) is 5.26 Å². The van der Waals surface area contributed by atoms with E-state index in [0.717, 1.165) is 31.7 Å². The van der Waals surface area contributed by atoms with Gasteiger partial charge in [0.25, 0.3) is 0 Å². The molecule has 0 unspecified atom stereocenters. The van der Waals surface area contributed by atoms with Crippen LogP contribution in [0, 0.1) is 11.3 Å². The van der Waals surface area contributed by atoms with Crippen LogP contribution in [0.5, 0.6) is 5.75 Å². The number of rotatable bonds is 5. The minimum atomic E-state index is -0.00966. The Bertz CT molecular complexity index is 519. The molecule has 0 N–H and O–H groups in total. The lowest BCUT2D eigenvalue weighted by Crippen LogP contribution is -2.44. The van der Waals surface area contributed by atoms with Crippen molar-refractivity contribution in [2.45, 2.75) is 18.9 Å². The first-order valence-electron chi connectivity index (χ1n) is 7.20. The van der Waals surface area contributed by atoms with Crippen molar-refractivity contribution in [3.63, 3.8) is 0 Å². The molecule has 21 heavy (non-hydrogen) atoms. The van der Waals surface area contributed by atoms with Crippen molar-refractivity contribution >= 4 is 5.91 Å². The van der Waals surface area contributed by atoms with Gasteiger partial charge in [-0.15, -0.1) is 0 Å². The lowest BCUT2D eigenvalue weighted by atomic mass is 10.2. The maximum Gasteiger partial charge on any atom is 0.239 e. The summed E-state index contributed by atoms with van der Waals surface area (Å²) >= 11 is 0. The van der Waals surface area contributed by atoms with Crippen molar-refractivity contribution in [1.82, 2.24) is 9.80 Å². The van der Waals surface area contributed by atoms with Crippen LogP contribution in [0.1, 0.15) is 18.4 Å². The van der Waals surface area contributed by atoms with Crippen LogP contribution in [-0.2, 0) is 4.79 Å². The molecule has 1 saturated heterocycles. The van der Waals surface area contributed by atoms with Crippen LogP contribution in [0.3, 0.4) is 0 Å². The Hall–Kier alpha value is -2.06. The number of nitriles is 1. The molecule has 0 saturated carbocycles. The number of benzene rings is 1. The van der Waals surface area contributed by atoms with Gasteiger partial charge in [-0.25, -0.2) is 0 Å². The largest absolute Gasteiger partial charge is 0.492 e. The number of likely N-dealkylation sites (N-methyl/N-ethyl adjacent to an activating group) is 1. The predicted molar refractivity (Wildman–Crippen MR) is 79.9 cm³/mol. The summed E-state index contributed by atoms with van der Waals surface area (Å²) < 4.78 is 5.68. The average Bonchev–Trinajstić information content (AvgIpc) is 2.95. The highest BCUT2D eigenvalue weighted by Crippen LogP contribution is 2.18. The van der Waals surface area contributed by atoms with Gasteiger partial charge in [-0.05, 0) is 43.7 Å². The van der Waals surface area contributed by atoms with Crippen LogP contribution >= 0.6 is 0 Å². The normalized spacial score (nSPS) is 18.2. The van der Waals surface area contributed by atoms with Gasteiger partial charge in [-0.1, -0.05) is 0 Å². The van der Waals surface area contributed by atoms with Gasteiger partial charge in [0.05, 0.1) is 17.7 Å². The van der Waals surface area contributed by atoms with Crippen molar-refractivity contribution in [2.24, 2.45) is 0 Å². The molecule has 2 rings (SSSR count). The summed E-state index contributed by atoms with van der Waals surface area (Å²) in [6, 6.07) is 9.14. The molecular formula is C16H21N3O2. The molecular weight excluding hydrogens is 266 g/mol. The molecule has 0 spiro atoms. The third kappa shape index (κ3) is 3.96. The highest BCUT2D eigenvalue weighted by Gasteiger charge is 2.31. The zero-order valence-electron chi connectivity index (χ0n) is 12.6. The van der Waals surface area contributed by atoms with Crippen LogP contribution < -0.4 is 4.74 Å². The Morgan fingerprint density at radius 2 is 2.14 bits per heavy atom. The van der Waals surface area contributed by atoms with Crippen LogP contribution in [0.4, 0.5) is 0 Å². The third-order valence-corrected chi connectivity index (χ3v) is 3.72. The van der Waals surface area contributed by atoms with Crippen molar-refractivity contribution in [1.29, 1.82) is 5.26 Å². The molecule has 1 aliphatic rings. The van der Waals surface area contributed by atoms with E-state index >= 15 is 0 Å². The summed E-state index contributed by atoms with van der Waals surface area (Å²) in [5.74, 6) is 0.926. The van der Waals surface area contributed by atoms with E-state index in [2.05, 4.69) is 11.0 Å². The van der Waals surface area contributed by atoms with E-state index in [1.54, 1.807) is 43.3 Å². The van der Waals surface area contributed by atoms with Crippen LogP contribution in [0.15, 0.2) is 24.3 Å². The predicted octanol–water partition coefficient (Wildman–Crippen LogP) is 1.49. The van der Waals surface area contributed by atoms with Crippen molar-refractivity contribution in [3.05, 3.63) is 29.8 Å². The minimum absolute atomic E-state index is 0.00966. The highest BCUT2D eigenvalue weighted by atomic mass is 16.5. The fourth-order valence-corrected chi connectivity index (χ4v) is 2.58. The van der Waals surface area contributed by atoms with Gasteiger partial charge >= 0.3 is 0 Å². The number of amides is 1. The van der Waals surface area contributed by atoms with Crippen molar-refractivity contribution in [3.8, 4) is 11.8 Å². The Morgan fingerprint density at radius 1 is 1.43 bits per heavy atom. The molecule has 1 aromatic rings. The molecule has 112 valence electrons. The lowest BCUT2D eigenvalue weighted by molar-refractivity contribution is -0.133. The molecule has 1 fully saturated rings. The van der Waals surface area contributed by atoms with Crippen LogP contribution in [0.2, 0.25) is 0 Å². The number of hydrogen-bond donors (Lipinski definition) is 0. The van der Waals surface area contributed by atoms with E-state index in [4.69, 9.17) is 10.00 Å². The summed E-state index contributed by atoms with van der Waals surface area (Å²) in [5.41, 5.74) is 0.624. The quantitative estimate of drug-likeness (QED) is 0.823. The van der Waals surface area contributed by atoms with Gasteiger partial charge in [0.15, 0.2) is 0 Å². The van der Waals surface area contributed by atoms with Gasteiger partial charge < -0.3 is 9.64 Å². The molecule has 5 nitrogen and oxygen atoms in total. The fraction of sp³-hybridized carbons (Fsp3) is 0.500. The number of nitrogens with zero attached hydrogens (tertiary/aromatic N) is 3. The highest BCUT2D eigenvalue weighted by molar-refractivity contribution is 5.81. The molecule has 1 aliphatic heterocycles. The maximum absolute atomic E-state index is 12.1. The summed E-state index contributed by atoms with van der Waals surface area (Å²) in [4.78, 5) is 15.9. The van der Waals surface area contributed by atoms with Gasteiger partial charge in [0.2, 0.25) is 5.91 Å². The molecule has 1 heterocycles. The molecule has 1 amide bonds. The second kappa shape index (κ2) is 7.09. The van der Waals surface area contributed by atoms with E-state index in [1.807, 2.05) is 0 Å². The first-order chi connectivity index (χ1) is 10.1. The smallest absolute Gasteiger partial charge is 0.239 e. The molecule has 0 bridgehead atoms. The van der Waals surface area contributed by atoms with E-state index < -0.39 is 0 Å². The van der Waals surface area contributed by atoms with Gasteiger partial charge in [-0.3, -0.25) is 9.69 Å². The first-order valence-corrected chi connectivity index (χ1v) is 7.20. The molecule has 0 aromatic heterocycles. The number of ether oxygens (including phenoxy) is 1. The van der Waals surface area contributed by atoms with Crippen LogP contribution in [-0.4, -0.2) is 55.5 Å². The Balaban J connectivity index is 1.82. The van der Waals surface area contributed by atoms with E-state index in [-0.39, 0.29) is 11.9 Å². The topological polar surface area (TPSA) is 56.6 Å². The fourth-order valence-electron chi connectivity index (χ4n) is 2.58. The second-order valence-electron chi connectivity index (χ2n) is 5.41. The maximum atomic E-state index is 12.1. The number of carbonyl (C=O) groups excluding carboxylic acids is 1. The summed E-state index contributed by atoms with van der Waals surface area (Å²) in [6.45, 7) is 2.23. The summed E-state index contributed by atoms with van der Waals surface area (Å²) in [7, 11) is 3.60. The molecule has 5 heteroatoms. The molecule has 1 aromatic carbocycles. The molecule has 1 atom stereocenters. The van der Waals surface area contributed by atoms with E-state index in [1.165, 1.54) is 0 Å². The monoisotopic (exact) mass is 287 g/mol. The average molecular weight is 287 g/mol. The zero-order chi connectivity index (χ0) is 15.2. The molecule has 0 radical (unpaired) electrons. The standard InChI is InChI=1S/C16H21N3O2/c1-18(2)16(20)15-4-3-9-19(15)10-11-21-14-7-5-13(12-17)6-8-14/h5-8,15H,3-4,9-11H2,1-2H3/t15-/m1/s1. The molecule has 0 aliphatic carbocycles. The summed E-state index contributed by atoms with van der Waals surface area (Å²) in [5, 5.41) is 8.74. The van der Waals surface area contributed by atoms with Crippen molar-refractivity contribution in [2.75, 3.05) is 33.8 Å². The van der Waals surface area contributed by atoms with E-state index in [9.17, 15) is 4.79 Å².